The molecule has 0 bridgehead atoms. The van der Waals surface area contributed by atoms with Crippen LogP contribution in [0.15, 0.2) is 27.9 Å². The minimum Gasteiger partial charge on any atom is -0.493 e. The Hall–Kier alpha value is -2.76. The van der Waals surface area contributed by atoms with Crippen LogP contribution >= 0.6 is 0 Å². The number of hydrogen-bond acceptors (Lipinski definition) is 7. The van der Waals surface area contributed by atoms with E-state index in [0.717, 1.165) is 6.42 Å². The molecule has 180 valence electrons. The molecule has 0 aliphatic rings. The summed E-state index contributed by atoms with van der Waals surface area (Å²) in [5.74, 6) is 1.11. The van der Waals surface area contributed by atoms with Gasteiger partial charge in [-0.3, -0.25) is 4.79 Å². The third-order valence-corrected chi connectivity index (χ3v) is 6.83. The van der Waals surface area contributed by atoms with Gasteiger partial charge in [0.05, 0.1) is 29.4 Å². The predicted molar refractivity (Wildman–Crippen MR) is 125 cm³/mol. The van der Waals surface area contributed by atoms with Crippen LogP contribution in [0.1, 0.15) is 45.6 Å². The maximum absolute atomic E-state index is 13.0. The highest BCUT2D eigenvalue weighted by Gasteiger charge is 2.24. The Morgan fingerprint density at radius 2 is 2.00 bits per heavy atom. The summed E-state index contributed by atoms with van der Waals surface area (Å²) in [6.07, 6.45) is 1.47. The second-order valence-electron chi connectivity index (χ2n) is 8.17. The van der Waals surface area contributed by atoms with E-state index in [-0.39, 0.29) is 28.8 Å². The Balaban J connectivity index is 2.18. The monoisotopic (exact) mass is 477 g/mol. The van der Waals surface area contributed by atoms with Crippen LogP contribution in [0.4, 0.5) is 0 Å². The molecular weight excluding hydrogens is 446 g/mol. The highest BCUT2D eigenvalue weighted by Crippen LogP contribution is 2.30. The third-order valence-electron chi connectivity index (χ3n) is 5.34. The van der Waals surface area contributed by atoms with E-state index in [1.807, 2.05) is 27.7 Å². The van der Waals surface area contributed by atoms with Crippen molar-refractivity contribution in [3.63, 3.8) is 0 Å². The van der Waals surface area contributed by atoms with E-state index in [1.54, 1.807) is 6.92 Å². The molecule has 1 unspecified atom stereocenters. The van der Waals surface area contributed by atoms with Crippen molar-refractivity contribution in [2.24, 2.45) is 5.92 Å². The Morgan fingerprint density at radius 1 is 1.27 bits per heavy atom. The lowest BCUT2D eigenvalue weighted by Gasteiger charge is -2.20. The molecule has 0 fully saturated rings. The number of sulfonamides is 1. The Bertz CT molecular complexity index is 1300. The van der Waals surface area contributed by atoms with Gasteiger partial charge in [-0.1, -0.05) is 20.8 Å². The molecule has 10 nitrogen and oxygen atoms in total. The van der Waals surface area contributed by atoms with Gasteiger partial charge in [0.25, 0.3) is 5.56 Å². The highest BCUT2D eigenvalue weighted by molar-refractivity contribution is 7.89. The molecule has 0 saturated carbocycles. The summed E-state index contributed by atoms with van der Waals surface area (Å²) in [5, 5.41) is 14.1. The molecule has 0 radical (unpaired) electrons. The van der Waals surface area contributed by atoms with Gasteiger partial charge in [0.15, 0.2) is 11.3 Å². The van der Waals surface area contributed by atoms with Crippen LogP contribution < -0.4 is 15.0 Å². The second kappa shape index (κ2) is 10.0. The average Bonchev–Trinajstić information content (AvgIpc) is 3.08. The molecule has 0 aliphatic carbocycles. The number of nitrogens with one attached hydrogen (secondary N) is 2. The molecule has 2 aromatic heterocycles. The van der Waals surface area contributed by atoms with Crippen molar-refractivity contribution in [3.05, 3.63) is 40.1 Å². The first-order chi connectivity index (χ1) is 15.6. The molecule has 0 amide bonds. The van der Waals surface area contributed by atoms with Crippen LogP contribution in [0.2, 0.25) is 0 Å². The number of imidazole rings is 1. The summed E-state index contributed by atoms with van der Waals surface area (Å²) >= 11 is 0. The summed E-state index contributed by atoms with van der Waals surface area (Å²) in [5.41, 5.74) is 0.889. The number of aromatic amines is 1. The maximum atomic E-state index is 13.0. The standard InChI is InChI=1S/C22H31N5O5S/c1-6-8-19-23-14(5)20-22(29)24-21(25-27(19)20)16-11-15(9-10-18(16)32-7-2)33(30,31)26-17(12-28)13(3)4/h9-11,13,17,26,28H,6-8,12H2,1-5H3,(H,24,25,29). The number of benzene rings is 1. The van der Waals surface area contributed by atoms with Crippen molar-refractivity contribution in [1.82, 2.24) is 24.3 Å². The predicted octanol–water partition coefficient (Wildman–Crippen LogP) is 2.04. The van der Waals surface area contributed by atoms with E-state index in [2.05, 4.69) is 19.8 Å². The number of hydrogen-bond donors (Lipinski definition) is 3. The normalized spacial score (nSPS) is 13.1. The van der Waals surface area contributed by atoms with Crippen LogP contribution in [-0.4, -0.2) is 52.4 Å². The van der Waals surface area contributed by atoms with Gasteiger partial charge in [0.1, 0.15) is 11.6 Å². The Morgan fingerprint density at radius 3 is 2.61 bits per heavy atom. The van der Waals surface area contributed by atoms with Gasteiger partial charge in [-0.15, -0.1) is 5.10 Å². The molecule has 2 heterocycles. The molecular formula is C22H31N5O5S. The zero-order chi connectivity index (χ0) is 24.3. The van der Waals surface area contributed by atoms with Crippen LogP contribution in [0, 0.1) is 12.8 Å². The van der Waals surface area contributed by atoms with E-state index in [9.17, 15) is 18.3 Å². The molecule has 3 N–H and O–H groups in total. The maximum Gasteiger partial charge on any atom is 0.277 e. The fourth-order valence-electron chi connectivity index (χ4n) is 3.54. The number of H-pyrrole nitrogens is 1. The van der Waals surface area contributed by atoms with E-state index < -0.39 is 16.1 Å². The fraction of sp³-hybridized carbons (Fsp3) is 0.500. The van der Waals surface area contributed by atoms with Crippen molar-refractivity contribution in [3.8, 4) is 17.1 Å². The van der Waals surface area contributed by atoms with Crippen LogP contribution in [0.5, 0.6) is 5.75 Å². The molecule has 0 spiro atoms. The minimum atomic E-state index is -3.95. The van der Waals surface area contributed by atoms with Gasteiger partial charge < -0.3 is 14.8 Å². The molecule has 1 atom stereocenters. The summed E-state index contributed by atoms with van der Waals surface area (Å²) in [6, 6.07) is 3.74. The lowest BCUT2D eigenvalue weighted by atomic mass is 10.1. The molecule has 11 heteroatoms. The zero-order valence-corrected chi connectivity index (χ0v) is 20.4. The molecule has 0 aliphatic heterocycles. The molecule has 3 rings (SSSR count). The highest BCUT2D eigenvalue weighted by atomic mass is 32.2. The number of aromatic nitrogens is 4. The van der Waals surface area contributed by atoms with E-state index in [1.165, 1.54) is 22.7 Å². The van der Waals surface area contributed by atoms with Gasteiger partial charge in [-0.25, -0.2) is 22.6 Å². The third kappa shape index (κ3) is 5.10. The lowest BCUT2D eigenvalue weighted by Crippen LogP contribution is -2.41. The van der Waals surface area contributed by atoms with Crippen molar-refractivity contribution >= 4 is 15.5 Å². The summed E-state index contributed by atoms with van der Waals surface area (Å²) < 4.78 is 35.8. The number of rotatable bonds is 10. The van der Waals surface area contributed by atoms with Crippen molar-refractivity contribution in [1.29, 1.82) is 0 Å². The number of aliphatic hydroxyl groups is 1. The van der Waals surface area contributed by atoms with Crippen LogP contribution in [0.25, 0.3) is 16.9 Å². The number of ether oxygens (including phenoxy) is 1. The number of fused-ring (bicyclic) bond motifs is 1. The molecule has 0 saturated heterocycles. The summed E-state index contributed by atoms with van der Waals surface area (Å²) in [7, 11) is -3.95. The summed E-state index contributed by atoms with van der Waals surface area (Å²) in [4.78, 5) is 20.1. The number of aryl methyl sites for hydroxylation is 2. The van der Waals surface area contributed by atoms with Crippen molar-refractivity contribution in [2.45, 2.75) is 58.4 Å². The summed E-state index contributed by atoms with van der Waals surface area (Å²) in [6.45, 7) is 9.22. The first-order valence-electron chi connectivity index (χ1n) is 11.0. The smallest absolute Gasteiger partial charge is 0.277 e. The van der Waals surface area contributed by atoms with Gasteiger partial charge in [0.2, 0.25) is 10.0 Å². The van der Waals surface area contributed by atoms with Crippen LogP contribution in [-0.2, 0) is 16.4 Å². The van der Waals surface area contributed by atoms with Gasteiger partial charge in [-0.05, 0) is 44.4 Å². The van der Waals surface area contributed by atoms with Crippen molar-refractivity contribution < 1.29 is 18.3 Å². The van der Waals surface area contributed by atoms with Gasteiger partial charge >= 0.3 is 0 Å². The van der Waals surface area contributed by atoms with E-state index in [0.29, 0.717) is 41.4 Å². The second-order valence-corrected chi connectivity index (χ2v) is 9.89. The van der Waals surface area contributed by atoms with E-state index in [4.69, 9.17) is 4.74 Å². The quantitative estimate of drug-likeness (QED) is 0.406. The largest absolute Gasteiger partial charge is 0.493 e. The van der Waals surface area contributed by atoms with Crippen LogP contribution in [0.3, 0.4) is 0 Å². The minimum absolute atomic E-state index is 0.0293. The average molecular weight is 478 g/mol. The number of aliphatic hydroxyl groups excluding tert-OH is 1. The molecule has 3 aromatic rings. The van der Waals surface area contributed by atoms with Gasteiger partial charge in [0, 0.05) is 12.5 Å². The SMILES string of the molecule is CCCc1nc(C)c2c(=O)[nH]c(-c3cc(S(=O)(=O)NC(CO)C(C)C)ccc3OCC)nn12. The molecule has 33 heavy (non-hydrogen) atoms. The van der Waals surface area contributed by atoms with Gasteiger partial charge in [-0.2, -0.15) is 0 Å². The Labute approximate surface area is 193 Å². The topological polar surface area (TPSA) is 139 Å². The number of nitrogens with zero attached hydrogens (tertiary/aromatic N) is 3. The van der Waals surface area contributed by atoms with E-state index >= 15 is 0 Å². The molecule has 1 aromatic carbocycles. The Kier molecular flexibility index (Phi) is 7.55. The first kappa shape index (κ1) is 24.9. The lowest BCUT2D eigenvalue weighted by molar-refractivity contribution is 0.227. The zero-order valence-electron chi connectivity index (χ0n) is 19.5. The fourth-order valence-corrected chi connectivity index (χ4v) is 4.94. The first-order valence-corrected chi connectivity index (χ1v) is 12.5. The van der Waals surface area contributed by atoms with Crippen molar-refractivity contribution in [2.75, 3.05) is 13.2 Å².